The zero-order valence-corrected chi connectivity index (χ0v) is 13.5. The molecule has 1 fully saturated rings. The Labute approximate surface area is 140 Å². The number of carbonyl (C=O) groups excluding carboxylic acids is 2. The lowest BCUT2D eigenvalue weighted by atomic mass is 10.2. The lowest BCUT2D eigenvalue weighted by molar-refractivity contribution is -0.131. The van der Waals surface area contributed by atoms with E-state index in [4.69, 9.17) is 13.9 Å². The summed E-state index contributed by atoms with van der Waals surface area (Å²) in [7, 11) is 1.47. The molecule has 1 saturated heterocycles. The molecule has 0 aromatic carbocycles. The molecule has 0 saturated carbocycles. The van der Waals surface area contributed by atoms with Gasteiger partial charge in [0.25, 0.3) is 11.8 Å². The molecule has 0 unspecified atom stereocenters. The molecule has 0 radical (unpaired) electrons. The number of ether oxygens (including phenoxy) is 2. The van der Waals surface area contributed by atoms with Crippen molar-refractivity contribution in [1.82, 2.24) is 10.2 Å². The molecule has 2 amide bonds. The predicted octanol–water partition coefficient (Wildman–Crippen LogP) is 1.47. The fourth-order valence-electron chi connectivity index (χ4n) is 2.11. The van der Waals surface area contributed by atoms with Crippen LogP contribution in [0.15, 0.2) is 59.1 Å². The minimum absolute atomic E-state index is 0.0910. The van der Waals surface area contributed by atoms with Crippen molar-refractivity contribution in [3.05, 3.63) is 60.4 Å². The summed E-state index contributed by atoms with van der Waals surface area (Å²) in [4.78, 5) is 26.5. The summed E-state index contributed by atoms with van der Waals surface area (Å²) in [6.45, 7) is 5.44. The van der Waals surface area contributed by atoms with Gasteiger partial charge in [0.1, 0.15) is 11.5 Å². The van der Waals surface area contributed by atoms with Gasteiger partial charge in [-0.15, -0.1) is 0 Å². The zero-order valence-electron chi connectivity index (χ0n) is 13.5. The maximum absolute atomic E-state index is 12.7. The number of allylic oxidation sites excluding steroid dienone is 3. The van der Waals surface area contributed by atoms with Crippen molar-refractivity contribution in [2.75, 3.05) is 33.4 Å². The zero-order chi connectivity index (χ0) is 17.4. The molecule has 2 rings (SSSR count). The first-order valence-electron chi connectivity index (χ1n) is 7.46. The van der Waals surface area contributed by atoms with Gasteiger partial charge in [0, 0.05) is 19.2 Å². The van der Waals surface area contributed by atoms with Crippen LogP contribution in [0.3, 0.4) is 0 Å². The van der Waals surface area contributed by atoms with Gasteiger partial charge in [-0.05, 0) is 18.2 Å². The highest BCUT2D eigenvalue weighted by Gasteiger charge is 2.23. The van der Waals surface area contributed by atoms with Crippen LogP contribution in [-0.2, 0) is 14.3 Å². The van der Waals surface area contributed by atoms with Gasteiger partial charge in [-0.3, -0.25) is 9.59 Å². The Morgan fingerprint density at radius 3 is 2.71 bits per heavy atom. The Morgan fingerprint density at radius 1 is 1.38 bits per heavy atom. The fraction of sp³-hybridized carbons (Fsp3) is 0.294. The highest BCUT2D eigenvalue weighted by atomic mass is 16.5. The number of nitrogens with one attached hydrogen (secondary N) is 1. The summed E-state index contributed by atoms with van der Waals surface area (Å²) in [5.41, 5.74) is 0.0910. The number of carbonyl (C=O) groups is 2. The van der Waals surface area contributed by atoms with Crippen molar-refractivity contribution in [2.24, 2.45) is 0 Å². The lowest BCUT2D eigenvalue weighted by Crippen LogP contribution is -2.44. The van der Waals surface area contributed by atoms with Crippen LogP contribution >= 0.6 is 0 Å². The van der Waals surface area contributed by atoms with Gasteiger partial charge in [-0.1, -0.05) is 12.7 Å². The third-order valence-corrected chi connectivity index (χ3v) is 3.33. The highest BCUT2D eigenvalue weighted by molar-refractivity contribution is 6.01. The van der Waals surface area contributed by atoms with Crippen LogP contribution in [-0.4, -0.2) is 50.1 Å². The van der Waals surface area contributed by atoms with E-state index in [1.807, 2.05) is 0 Å². The summed E-state index contributed by atoms with van der Waals surface area (Å²) in [6.07, 6.45) is 5.97. The first kappa shape index (κ1) is 17.6. The normalized spacial score (nSPS) is 15.8. The minimum atomic E-state index is -0.512. The van der Waals surface area contributed by atoms with Crippen molar-refractivity contribution in [3.63, 3.8) is 0 Å². The van der Waals surface area contributed by atoms with E-state index in [1.165, 1.54) is 31.6 Å². The minimum Gasteiger partial charge on any atom is -0.497 e. The van der Waals surface area contributed by atoms with Crippen LogP contribution in [0.2, 0.25) is 0 Å². The van der Waals surface area contributed by atoms with Crippen molar-refractivity contribution in [2.45, 2.75) is 0 Å². The number of hydrogen-bond donors (Lipinski definition) is 1. The second kappa shape index (κ2) is 8.73. The molecular formula is C17H20N2O5. The first-order chi connectivity index (χ1) is 11.7. The molecule has 1 aromatic heterocycles. The van der Waals surface area contributed by atoms with E-state index in [2.05, 4.69) is 11.9 Å². The highest BCUT2D eigenvalue weighted by Crippen LogP contribution is 2.10. The number of methoxy groups -OCH3 is 1. The van der Waals surface area contributed by atoms with Gasteiger partial charge in [0.15, 0.2) is 5.76 Å². The number of morpholine rings is 1. The summed E-state index contributed by atoms with van der Waals surface area (Å²) < 4.78 is 15.5. The number of hydrogen-bond acceptors (Lipinski definition) is 5. The molecule has 0 aliphatic carbocycles. The third-order valence-electron chi connectivity index (χ3n) is 3.33. The van der Waals surface area contributed by atoms with Crippen LogP contribution in [0.5, 0.6) is 0 Å². The van der Waals surface area contributed by atoms with Gasteiger partial charge in [0.2, 0.25) is 0 Å². The van der Waals surface area contributed by atoms with Crippen LogP contribution in [0.25, 0.3) is 0 Å². The molecule has 7 heteroatoms. The molecule has 1 N–H and O–H groups in total. The van der Waals surface area contributed by atoms with Gasteiger partial charge in [-0.25, -0.2) is 0 Å². The van der Waals surface area contributed by atoms with Gasteiger partial charge in [0.05, 0.1) is 26.6 Å². The molecular weight excluding hydrogens is 312 g/mol. The Bertz CT molecular complexity index is 640. The van der Waals surface area contributed by atoms with E-state index in [9.17, 15) is 9.59 Å². The smallest absolute Gasteiger partial charge is 0.291 e. The van der Waals surface area contributed by atoms with E-state index in [1.54, 1.807) is 17.0 Å². The van der Waals surface area contributed by atoms with Gasteiger partial charge < -0.3 is 24.1 Å². The van der Waals surface area contributed by atoms with Crippen LogP contribution < -0.4 is 5.32 Å². The van der Waals surface area contributed by atoms with Gasteiger partial charge >= 0.3 is 0 Å². The molecule has 1 aromatic rings. The average molecular weight is 332 g/mol. The maximum Gasteiger partial charge on any atom is 0.291 e. The van der Waals surface area contributed by atoms with Crippen molar-refractivity contribution in [3.8, 4) is 0 Å². The SMILES string of the molecule is C=C/C=C(/C=C(\NC(=O)c1ccco1)C(=O)N1CCOCC1)OC. The Hall–Kier alpha value is -2.80. The summed E-state index contributed by atoms with van der Waals surface area (Å²) >= 11 is 0. The Morgan fingerprint density at radius 2 is 2.12 bits per heavy atom. The fourth-order valence-corrected chi connectivity index (χ4v) is 2.11. The standard InChI is InChI=1S/C17H20N2O5/c1-3-5-13(22-2)12-14(17(21)19-7-10-23-11-8-19)18-16(20)15-6-4-9-24-15/h3-6,9,12H,1,7-8,10-11H2,2H3,(H,18,20)/b13-5-,14-12-. The number of furan rings is 1. The first-order valence-corrected chi connectivity index (χ1v) is 7.46. The molecule has 0 spiro atoms. The van der Waals surface area contributed by atoms with Crippen molar-refractivity contribution < 1.29 is 23.5 Å². The van der Waals surface area contributed by atoms with E-state index >= 15 is 0 Å². The summed E-state index contributed by atoms with van der Waals surface area (Å²) in [5, 5.41) is 2.58. The third kappa shape index (κ3) is 4.60. The molecule has 1 aliphatic heterocycles. The average Bonchev–Trinajstić information content (AvgIpc) is 3.15. The monoisotopic (exact) mass is 332 g/mol. The van der Waals surface area contributed by atoms with E-state index in [0.717, 1.165) is 0 Å². The van der Waals surface area contributed by atoms with Crippen LogP contribution in [0.4, 0.5) is 0 Å². The molecule has 0 bridgehead atoms. The Kier molecular flexibility index (Phi) is 6.39. The second-order valence-electron chi connectivity index (χ2n) is 4.90. The van der Waals surface area contributed by atoms with E-state index < -0.39 is 5.91 Å². The number of nitrogens with zero attached hydrogens (tertiary/aromatic N) is 1. The van der Waals surface area contributed by atoms with Crippen LogP contribution in [0.1, 0.15) is 10.6 Å². The van der Waals surface area contributed by atoms with Gasteiger partial charge in [-0.2, -0.15) is 0 Å². The molecule has 0 atom stereocenters. The summed E-state index contributed by atoms with van der Waals surface area (Å²) in [6, 6.07) is 3.11. The summed E-state index contributed by atoms with van der Waals surface area (Å²) in [5.74, 6) is -0.323. The molecule has 1 aliphatic rings. The largest absolute Gasteiger partial charge is 0.497 e. The second-order valence-corrected chi connectivity index (χ2v) is 4.90. The maximum atomic E-state index is 12.7. The lowest BCUT2D eigenvalue weighted by Gasteiger charge is -2.27. The number of rotatable bonds is 6. The van der Waals surface area contributed by atoms with Crippen LogP contribution in [0, 0.1) is 0 Å². The quantitative estimate of drug-likeness (QED) is 0.485. The molecule has 24 heavy (non-hydrogen) atoms. The number of amides is 2. The predicted molar refractivity (Wildman–Crippen MR) is 86.9 cm³/mol. The molecule has 2 heterocycles. The van der Waals surface area contributed by atoms with Crippen molar-refractivity contribution >= 4 is 11.8 Å². The van der Waals surface area contributed by atoms with E-state index in [0.29, 0.717) is 32.1 Å². The molecule has 7 nitrogen and oxygen atoms in total. The Balaban J connectivity index is 2.24. The topological polar surface area (TPSA) is 81.0 Å². The van der Waals surface area contributed by atoms with Crippen molar-refractivity contribution in [1.29, 1.82) is 0 Å². The molecule has 128 valence electrons. The van der Waals surface area contributed by atoms with E-state index in [-0.39, 0.29) is 17.4 Å².